The number of halogens is 1. The summed E-state index contributed by atoms with van der Waals surface area (Å²) in [6.45, 7) is 0. The summed E-state index contributed by atoms with van der Waals surface area (Å²) in [6.07, 6.45) is 5.82. The minimum atomic E-state index is -0.512. The summed E-state index contributed by atoms with van der Waals surface area (Å²) in [4.78, 5) is 29.7. The number of hydrogen-bond acceptors (Lipinski definition) is 3. The fourth-order valence-corrected chi connectivity index (χ4v) is 3.44. The van der Waals surface area contributed by atoms with E-state index in [1.807, 2.05) is 0 Å². The van der Waals surface area contributed by atoms with E-state index in [0.717, 1.165) is 25.7 Å². The second kappa shape index (κ2) is 7.19. The number of pyridine rings is 1. The average Bonchev–Trinajstić information content (AvgIpc) is 3.29. The molecule has 1 saturated carbocycles. The van der Waals surface area contributed by atoms with Crippen molar-refractivity contribution in [2.75, 3.05) is 5.32 Å². The molecule has 1 aromatic carbocycles. The van der Waals surface area contributed by atoms with Gasteiger partial charge in [0.25, 0.3) is 11.8 Å². The number of hydrogen-bond donors (Lipinski definition) is 2. The highest BCUT2D eigenvalue weighted by Crippen LogP contribution is 2.20. The molecule has 4 rings (SSSR count). The predicted molar refractivity (Wildman–Crippen MR) is 99.3 cm³/mol. The SMILES string of the molecule is O=C(NC1CCCC1)c1nc(C(=O)Nc2cccc(F)c2)n2ccccc12. The van der Waals surface area contributed by atoms with Crippen LogP contribution in [-0.2, 0) is 0 Å². The van der Waals surface area contributed by atoms with Crippen LogP contribution in [0.5, 0.6) is 0 Å². The number of carbonyl (C=O) groups excluding carboxylic acids is 2. The summed E-state index contributed by atoms with van der Waals surface area (Å²) in [7, 11) is 0. The number of fused-ring (bicyclic) bond motifs is 1. The molecular weight excluding hydrogens is 347 g/mol. The van der Waals surface area contributed by atoms with Gasteiger partial charge in [0.1, 0.15) is 5.82 Å². The topological polar surface area (TPSA) is 75.5 Å². The smallest absolute Gasteiger partial charge is 0.292 e. The molecule has 0 bridgehead atoms. The monoisotopic (exact) mass is 366 g/mol. The van der Waals surface area contributed by atoms with Crippen molar-refractivity contribution in [3.63, 3.8) is 0 Å². The molecule has 0 radical (unpaired) electrons. The minimum Gasteiger partial charge on any atom is -0.348 e. The van der Waals surface area contributed by atoms with Crippen LogP contribution in [0.3, 0.4) is 0 Å². The van der Waals surface area contributed by atoms with Crippen LogP contribution in [0.1, 0.15) is 46.8 Å². The largest absolute Gasteiger partial charge is 0.348 e. The maximum atomic E-state index is 13.4. The molecule has 138 valence electrons. The molecule has 1 aliphatic carbocycles. The molecule has 0 aliphatic heterocycles. The normalized spacial score (nSPS) is 14.4. The first-order valence-corrected chi connectivity index (χ1v) is 8.97. The highest BCUT2D eigenvalue weighted by Gasteiger charge is 2.24. The lowest BCUT2D eigenvalue weighted by Crippen LogP contribution is -2.33. The van der Waals surface area contributed by atoms with Gasteiger partial charge in [-0.25, -0.2) is 9.37 Å². The zero-order valence-corrected chi connectivity index (χ0v) is 14.6. The number of carbonyl (C=O) groups is 2. The molecule has 2 aromatic heterocycles. The Hall–Kier alpha value is -3.22. The third-order valence-electron chi connectivity index (χ3n) is 4.74. The highest BCUT2D eigenvalue weighted by atomic mass is 19.1. The van der Waals surface area contributed by atoms with E-state index in [9.17, 15) is 14.0 Å². The van der Waals surface area contributed by atoms with Crippen LogP contribution in [0.4, 0.5) is 10.1 Å². The maximum Gasteiger partial charge on any atom is 0.292 e. The molecule has 1 fully saturated rings. The third kappa shape index (κ3) is 3.53. The molecule has 7 heteroatoms. The molecule has 27 heavy (non-hydrogen) atoms. The first-order valence-electron chi connectivity index (χ1n) is 8.97. The Kier molecular flexibility index (Phi) is 4.58. The molecule has 0 atom stereocenters. The lowest BCUT2D eigenvalue weighted by Gasteiger charge is -2.10. The lowest BCUT2D eigenvalue weighted by atomic mass is 10.2. The van der Waals surface area contributed by atoms with Gasteiger partial charge in [0, 0.05) is 17.9 Å². The number of imidazole rings is 1. The van der Waals surface area contributed by atoms with E-state index in [1.54, 1.807) is 34.9 Å². The van der Waals surface area contributed by atoms with E-state index < -0.39 is 11.7 Å². The summed E-state index contributed by atoms with van der Waals surface area (Å²) >= 11 is 0. The van der Waals surface area contributed by atoms with E-state index in [2.05, 4.69) is 15.6 Å². The molecule has 0 unspecified atom stereocenters. The summed E-state index contributed by atoms with van der Waals surface area (Å²) < 4.78 is 14.9. The number of nitrogens with zero attached hydrogens (tertiary/aromatic N) is 2. The van der Waals surface area contributed by atoms with Crippen molar-refractivity contribution >= 4 is 23.0 Å². The van der Waals surface area contributed by atoms with Crippen LogP contribution in [-0.4, -0.2) is 27.2 Å². The van der Waals surface area contributed by atoms with Crippen LogP contribution < -0.4 is 10.6 Å². The zero-order chi connectivity index (χ0) is 18.8. The van der Waals surface area contributed by atoms with Gasteiger partial charge < -0.3 is 10.6 Å². The van der Waals surface area contributed by atoms with Crippen LogP contribution in [0.25, 0.3) is 5.52 Å². The molecule has 1 aliphatic rings. The quantitative estimate of drug-likeness (QED) is 0.743. The van der Waals surface area contributed by atoms with Gasteiger partial charge in [0.15, 0.2) is 5.69 Å². The molecule has 6 nitrogen and oxygen atoms in total. The van der Waals surface area contributed by atoms with Crippen molar-refractivity contribution in [1.82, 2.24) is 14.7 Å². The molecule has 2 heterocycles. The van der Waals surface area contributed by atoms with Crippen molar-refractivity contribution in [2.45, 2.75) is 31.7 Å². The zero-order valence-electron chi connectivity index (χ0n) is 14.6. The van der Waals surface area contributed by atoms with Crippen LogP contribution >= 0.6 is 0 Å². The Morgan fingerprint density at radius 2 is 1.89 bits per heavy atom. The fraction of sp³-hybridized carbons (Fsp3) is 0.250. The summed E-state index contributed by atoms with van der Waals surface area (Å²) in [5.41, 5.74) is 1.09. The Morgan fingerprint density at radius 1 is 1.07 bits per heavy atom. The number of nitrogens with one attached hydrogen (secondary N) is 2. The standard InChI is InChI=1S/C20H19FN4O2/c21-13-6-5-9-15(12-13)23-20(27)18-24-17(16-10-3-4-11-25(16)18)19(26)22-14-7-1-2-8-14/h3-6,9-12,14H,1-2,7-8H2,(H,22,26)(H,23,27). The minimum absolute atomic E-state index is 0.0754. The van der Waals surface area contributed by atoms with E-state index in [4.69, 9.17) is 0 Å². The number of amides is 2. The Balaban J connectivity index is 1.64. The van der Waals surface area contributed by atoms with Crippen molar-refractivity contribution < 1.29 is 14.0 Å². The second-order valence-electron chi connectivity index (χ2n) is 6.66. The Morgan fingerprint density at radius 3 is 2.67 bits per heavy atom. The van der Waals surface area contributed by atoms with Gasteiger partial charge in [0.2, 0.25) is 5.82 Å². The van der Waals surface area contributed by atoms with Crippen LogP contribution in [0.2, 0.25) is 0 Å². The fourth-order valence-electron chi connectivity index (χ4n) is 3.44. The number of aromatic nitrogens is 2. The van der Waals surface area contributed by atoms with Crippen LogP contribution in [0.15, 0.2) is 48.7 Å². The predicted octanol–water partition coefficient (Wildman–Crippen LogP) is 3.40. The molecule has 0 spiro atoms. The second-order valence-corrected chi connectivity index (χ2v) is 6.66. The van der Waals surface area contributed by atoms with Crippen LogP contribution in [0, 0.1) is 5.82 Å². The van der Waals surface area contributed by atoms with Gasteiger partial charge in [-0.15, -0.1) is 0 Å². The lowest BCUT2D eigenvalue weighted by molar-refractivity contribution is 0.0935. The van der Waals surface area contributed by atoms with Gasteiger partial charge in [-0.2, -0.15) is 0 Å². The van der Waals surface area contributed by atoms with E-state index in [0.29, 0.717) is 11.2 Å². The number of benzene rings is 1. The van der Waals surface area contributed by atoms with Crippen molar-refractivity contribution in [1.29, 1.82) is 0 Å². The molecule has 3 aromatic rings. The molecule has 2 amide bonds. The van der Waals surface area contributed by atoms with E-state index >= 15 is 0 Å². The summed E-state index contributed by atoms with van der Waals surface area (Å²) in [6, 6.07) is 11.1. The third-order valence-corrected chi connectivity index (χ3v) is 4.74. The Bertz CT molecular complexity index is 1010. The van der Waals surface area contributed by atoms with Gasteiger partial charge in [-0.05, 0) is 43.2 Å². The van der Waals surface area contributed by atoms with E-state index in [-0.39, 0.29) is 23.5 Å². The first-order chi connectivity index (χ1) is 13.1. The van der Waals surface area contributed by atoms with Crippen molar-refractivity contribution in [3.8, 4) is 0 Å². The van der Waals surface area contributed by atoms with Gasteiger partial charge in [0.05, 0.1) is 5.52 Å². The number of anilines is 1. The highest BCUT2D eigenvalue weighted by molar-refractivity contribution is 6.06. The summed E-state index contributed by atoms with van der Waals surface area (Å²) in [5.74, 6) is -1.17. The number of rotatable bonds is 4. The van der Waals surface area contributed by atoms with Gasteiger partial charge in [-0.3, -0.25) is 14.0 Å². The van der Waals surface area contributed by atoms with Gasteiger partial charge in [-0.1, -0.05) is 25.0 Å². The first kappa shape index (κ1) is 17.2. The Labute approximate surface area is 155 Å². The van der Waals surface area contributed by atoms with Gasteiger partial charge >= 0.3 is 0 Å². The van der Waals surface area contributed by atoms with Crippen molar-refractivity contribution in [2.24, 2.45) is 0 Å². The maximum absolute atomic E-state index is 13.4. The van der Waals surface area contributed by atoms with E-state index in [1.165, 1.54) is 18.2 Å². The summed E-state index contributed by atoms with van der Waals surface area (Å²) in [5, 5.41) is 5.62. The van der Waals surface area contributed by atoms with Crippen molar-refractivity contribution in [3.05, 3.63) is 66.0 Å². The molecule has 0 saturated heterocycles. The molecule has 2 N–H and O–H groups in total. The molecular formula is C20H19FN4O2. The average molecular weight is 366 g/mol.